The molecule has 1 unspecified atom stereocenters. The number of anilines is 2. The molecule has 2 aromatic heterocycles. The monoisotopic (exact) mass is 496 g/mol. The van der Waals surface area contributed by atoms with Gasteiger partial charge in [0.15, 0.2) is 0 Å². The fourth-order valence-corrected chi connectivity index (χ4v) is 3.95. The lowest BCUT2D eigenvalue weighted by Gasteiger charge is -2.11. The van der Waals surface area contributed by atoms with Crippen LogP contribution in [-0.4, -0.2) is 49.6 Å². The second-order valence-corrected chi connectivity index (χ2v) is 9.10. The van der Waals surface area contributed by atoms with Crippen molar-refractivity contribution < 1.29 is 14.4 Å². The fourth-order valence-electron chi connectivity index (χ4n) is 3.24. The largest absolute Gasteiger partial charge is 0.355 e. The Labute approximate surface area is 207 Å². The summed E-state index contributed by atoms with van der Waals surface area (Å²) in [7, 11) is 1.75. The van der Waals surface area contributed by atoms with E-state index in [0.29, 0.717) is 17.1 Å². The van der Waals surface area contributed by atoms with E-state index in [1.807, 2.05) is 30.3 Å². The van der Waals surface area contributed by atoms with Gasteiger partial charge in [0.2, 0.25) is 17.7 Å². The van der Waals surface area contributed by atoms with Crippen molar-refractivity contribution in [3.8, 4) is 5.69 Å². The quantitative estimate of drug-likeness (QED) is 0.394. The van der Waals surface area contributed by atoms with Crippen molar-refractivity contribution in [3.05, 3.63) is 70.9 Å². The third-order valence-corrected chi connectivity index (χ3v) is 6.40. The standard InChI is InChI=1S/C24H28N6O4S/c1-16-22(24(34)30(29(16)3)19-9-5-4-6-10-19)28-23(33)17(2)35-15-21(32)26-13-11-20(31)27-18-8-7-12-25-14-18/h4-10,12,14,17H,11,13,15H2,1-3H3,(H,26,32)(H,27,31)(H,28,33). The number of hydrogen-bond acceptors (Lipinski definition) is 6. The number of nitrogens with zero attached hydrogens (tertiary/aromatic N) is 3. The minimum absolute atomic E-state index is 0.0425. The van der Waals surface area contributed by atoms with E-state index >= 15 is 0 Å². The van der Waals surface area contributed by atoms with E-state index in [2.05, 4.69) is 20.9 Å². The maximum Gasteiger partial charge on any atom is 0.295 e. The maximum atomic E-state index is 12.9. The summed E-state index contributed by atoms with van der Waals surface area (Å²) in [5.74, 6) is -0.852. The lowest BCUT2D eigenvalue weighted by molar-refractivity contribution is -0.119. The predicted octanol–water partition coefficient (Wildman–Crippen LogP) is 2.08. The molecule has 10 nitrogen and oxygen atoms in total. The molecule has 1 atom stereocenters. The summed E-state index contributed by atoms with van der Waals surface area (Å²) in [6, 6.07) is 12.6. The number of nitrogens with one attached hydrogen (secondary N) is 3. The number of carbonyl (C=O) groups excluding carboxylic acids is 3. The first-order valence-electron chi connectivity index (χ1n) is 11.0. The lowest BCUT2D eigenvalue weighted by Crippen LogP contribution is -2.31. The van der Waals surface area contributed by atoms with Crippen molar-refractivity contribution in [1.29, 1.82) is 0 Å². The Morgan fingerprint density at radius 3 is 2.49 bits per heavy atom. The highest BCUT2D eigenvalue weighted by molar-refractivity contribution is 8.01. The van der Waals surface area contributed by atoms with Crippen molar-refractivity contribution in [3.63, 3.8) is 0 Å². The molecule has 0 saturated carbocycles. The predicted molar refractivity (Wildman–Crippen MR) is 137 cm³/mol. The van der Waals surface area contributed by atoms with Crippen molar-refractivity contribution >= 4 is 40.9 Å². The molecular weight excluding hydrogens is 468 g/mol. The summed E-state index contributed by atoms with van der Waals surface area (Å²) in [6.07, 6.45) is 3.26. The van der Waals surface area contributed by atoms with Crippen molar-refractivity contribution in [1.82, 2.24) is 19.7 Å². The second-order valence-electron chi connectivity index (χ2n) is 7.77. The van der Waals surface area contributed by atoms with Gasteiger partial charge in [0.05, 0.1) is 34.3 Å². The molecule has 184 valence electrons. The molecular formula is C24H28N6O4S. The molecule has 0 spiro atoms. The molecule has 3 rings (SSSR count). The number of amides is 3. The maximum absolute atomic E-state index is 12.9. The number of rotatable bonds is 10. The fraction of sp³-hybridized carbons (Fsp3) is 0.292. The Morgan fingerprint density at radius 2 is 1.80 bits per heavy atom. The van der Waals surface area contributed by atoms with Gasteiger partial charge < -0.3 is 16.0 Å². The van der Waals surface area contributed by atoms with E-state index in [9.17, 15) is 19.2 Å². The van der Waals surface area contributed by atoms with Crippen molar-refractivity contribution in [2.75, 3.05) is 22.9 Å². The van der Waals surface area contributed by atoms with Crippen molar-refractivity contribution in [2.24, 2.45) is 7.05 Å². The summed E-state index contributed by atoms with van der Waals surface area (Å²) in [5, 5.41) is 7.50. The molecule has 3 aromatic rings. The molecule has 0 aliphatic rings. The van der Waals surface area contributed by atoms with Crippen LogP contribution >= 0.6 is 11.8 Å². The first kappa shape index (κ1) is 25.8. The SMILES string of the molecule is Cc1c(NC(=O)C(C)SCC(=O)NCCC(=O)Nc2cccnc2)c(=O)n(-c2ccccc2)n1C. The first-order chi connectivity index (χ1) is 16.8. The number of para-hydroxylation sites is 1. The highest BCUT2D eigenvalue weighted by Gasteiger charge is 2.21. The molecule has 0 saturated heterocycles. The van der Waals surface area contributed by atoms with Gasteiger partial charge in [0.25, 0.3) is 5.56 Å². The van der Waals surface area contributed by atoms with Crippen LogP contribution in [0.25, 0.3) is 5.69 Å². The smallest absolute Gasteiger partial charge is 0.295 e. The van der Waals surface area contributed by atoms with E-state index in [1.165, 1.54) is 10.9 Å². The van der Waals surface area contributed by atoms with Crippen LogP contribution in [0.1, 0.15) is 19.0 Å². The molecule has 3 amide bonds. The third-order valence-electron chi connectivity index (χ3n) is 5.26. The Morgan fingerprint density at radius 1 is 1.06 bits per heavy atom. The van der Waals surface area contributed by atoms with Gasteiger partial charge in [-0.05, 0) is 38.1 Å². The Kier molecular flexibility index (Phi) is 8.85. The van der Waals surface area contributed by atoms with E-state index in [-0.39, 0.29) is 47.7 Å². The van der Waals surface area contributed by atoms with Crippen LogP contribution in [0.5, 0.6) is 0 Å². The number of aromatic nitrogens is 3. The summed E-state index contributed by atoms with van der Waals surface area (Å²) in [6.45, 7) is 3.60. The zero-order valence-corrected chi connectivity index (χ0v) is 20.6. The molecule has 0 radical (unpaired) electrons. The normalized spacial score (nSPS) is 11.5. The van der Waals surface area contributed by atoms with Crippen LogP contribution in [0, 0.1) is 6.92 Å². The molecule has 11 heteroatoms. The van der Waals surface area contributed by atoms with Crippen molar-refractivity contribution in [2.45, 2.75) is 25.5 Å². The number of hydrogen-bond donors (Lipinski definition) is 3. The van der Waals surface area contributed by atoms with Gasteiger partial charge in [-0.1, -0.05) is 18.2 Å². The summed E-state index contributed by atoms with van der Waals surface area (Å²) < 4.78 is 3.17. The average molecular weight is 497 g/mol. The van der Waals surface area contributed by atoms with Crippen LogP contribution in [0.2, 0.25) is 0 Å². The third kappa shape index (κ3) is 6.82. The van der Waals surface area contributed by atoms with Gasteiger partial charge in [-0.25, -0.2) is 4.68 Å². The summed E-state index contributed by atoms with van der Waals surface area (Å²) >= 11 is 1.14. The van der Waals surface area contributed by atoms with E-state index < -0.39 is 5.25 Å². The molecule has 2 heterocycles. The van der Waals surface area contributed by atoms with Crippen LogP contribution < -0.4 is 21.5 Å². The molecule has 0 bridgehead atoms. The molecule has 0 aliphatic heterocycles. The number of carbonyl (C=O) groups is 3. The van der Waals surface area contributed by atoms with E-state index in [1.54, 1.807) is 43.9 Å². The van der Waals surface area contributed by atoms with Gasteiger partial charge in [0.1, 0.15) is 5.69 Å². The molecule has 0 fully saturated rings. The zero-order chi connectivity index (χ0) is 25.4. The summed E-state index contributed by atoms with van der Waals surface area (Å²) in [5.41, 5.74) is 1.77. The Hall–Kier alpha value is -3.86. The minimum atomic E-state index is -0.571. The molecule has 1 aromatic carbocycles. The van der Waals surface area contributed by atoms with E-state index in [4.69, 9.17) is 0 Å². The van der Waals surface area contributed by atoms with Gasteiger partial charge in [-0.3, -0.25) is 28.8 Å². The van der Waals surface area contributed by atoms with Crippen LogP contribution in [0.15, 0.2) is 59.7 Å². The minimum Gasteiger partial charge on any atom is -0.355 e. The first-order valence-corrected chi connectivity index (χ1v) is 12.1. The summed E-state index contributed by atoms with van der Waals surface area (Å²) in [4.78, 5) is 53.6. The van der Waals surface area contributed by atoms with Gasteiger partial charge >= 0.3 is 0 Å². The highest BCUT2D eigenvalue weighted by atomic mass is 32.2. The van der Waals surface area contributed by atoms with Crippen LogP contribution in [0.4, 0.5) is 11.4 Å². The number of thioether (sulfide) groups is 1. The second kappa shape index (κ2) is 12.0. The number of pyridine rings is 1. The van der Waals surface area contributed by atoms with Crippen LogP contribution in [-0.2, 0) is 21.4 Å². The lowest BCUT2D eigenvalue weighted by atomic mass is 10.3. The highest BCUT2D eigenvalue weighted by Crippen LogP contribution is 2.17. The average Bonchev–Trinajstić information content (AvgIpc) is 3.06. The topological polar surface area (TPSA) is 127 Å². The van der Waals surface area contributed by atoms with E-state index in [0.717, 1.165) is 11.8 Å². The Bertz CT molecular complexity index is 1240. The Balaban J connectivity index is 1.46. The van der Waals surface area contributed by atoms with Gasteiger partial charge in [-0.2, -0.15) is 0 Å². The molecule has 35 heavy (non-hydrogen) atoms. The van der Waals surface area contributed by atoms with Gasteiger partial charge in [-0.15, -0.1) is 11.8 Å². The van der Waals surface area contributed by atoms with Crippen LogP contribution in [0.3, 0.4) is 0 Å². The molecule has 3 N–H and O–H groups in total. The molecule has 0 aliphatic carbocycles. The zero-order valence-electron chi connectivity index (χ0n) is 19.8. The van der Waals surface area contributed by atoms with Gasteiger partial charge in [0, 0.05) is 26.2 Å². The number of benzene rings is 1.